The Hall–Kier alpha value is -1.48. The first-order valence-electron chi connectivity index (χ1n) is 10.3. The van der Waals surface area contributed by atoms with Gasteiger partial charge in [0.1, 0.15) is 0 Å². The average Bonchev–Trinajstić information content (AvgIpc) is 3.21. The van der Waals surface area contributed by atoms with Crippen LogP contribution in [0.4, 0.5) is 0 Å². The van der Waals surface area contributed by atoms with Crippen molar-refractivity contribution in [3.05, 3.63) is 23.0 Å². The van der Waals surface area contributed by atoms with Crippen LogP contribution in [0.5, 0.6) is 0 Å². The van der Waals surface area contributed by atoms with E-state index in [0.29, 0.717) is 11.7 Å². The first-order valence-corrected chi connectivity index (χ1v) is 11.2. The molecule has 0 N–H and O–H groups in total. The Bertz CT molecular complexity index is 802. The van der Waals surface area contributed by atoms with E-state index in [2.05, 4.69) is 21.2 Å². The number of nitrogens with zero attached hydrogens (tertiary/aromatic N) is 5. The second kappa shape index (κ2) is 8.90. The summed E-state index contributed by atoms with van der Waals surface area (Å²) in [6.07, 6.45) is 6.67. The number of carbonyl (C=O) groups is 1. The number of methoxy groups -OCH3 is 1. The van der Waals surface area contributed by atoms with E-state index >= 15 is 0 Å². The number of hydrogen-bond donors (Lipinski definition) is 0. The lowest BCUT2D eigenvalue weighted by Gasteiger charge is -2.35. The fraction of sp³-hybridized carbons (Fsp3) is 0.700. The molecule has 0 aliphatic carbocycles. The topological polar surface area (TPSA) is 53.3 Å². The van der Waals surface area contributed by atoms with Gasteiger partial charge < -0.3 is 14.5 Å². The molecule has 2 aliphatic heterocycles. The highest BCUT2D eigenvalue weighted by Crippen LogP contribution is 2.25. The van der Waals surface area contributed by atoms with Crippen LogP contribution in [0.2, 0.25) is 0 Å². The normalized spacial score (nSPS) is 22.6. The van der Waals surface area contributed by atoms with Crippen LogP contribution in [-0.2, 0) is 11.3 Å². The maximum Gasteiger partial charge on any atom is 0.274 e. The van der Waals surface area contributed by atoms with Crippen LogP contribution in [0.1, 0.15) is 41.9 Å². The molecule has 2 fully saturated rings. The molecule has 0 aromatic carbocycles. The molecule has 1 amide bonds. The van der Waals surface area contributed by atoms with Crippen molar-refractivity contribution < 1.29 is 9.53 Å². The summed E-state index contributed by atoms with van der Waals surface area (Å²) in [5.74, 6) is 0.0847. The number of aromatic nitrogens is 2. The molecule has 4 rings (SSSR count). The molecular formula is C20H31N5O2S. The fourth-order valence-electron chi connectivity index (χ4n) is 4.40. The zero-order valence-corrected chi connectivity index (χ0v) is 17.8. The van der Waals surface area contributed by atoms with Gasteiger partial charge in [0.15, 0.2) is 10.7 Å². The predicted molar refractivity (Wildman–Crippen MR) is 111 cm³/mol. The third-order valence-electron chi connectivity index (χ3n) is 6.03. The van der Waals surface area contributed by atoms with Crippen LogP contribution in [0.15, 0.2) is 11.6 Å². The molecule has 2 aliphatic rings. The summed E-state index contributed by atoms with van der Waals surface area (Å²) in [7, 11) is 3.90. The lowest BCUT2D eigenvalue weighted by Crippen LogP contribution is -2.42. The number of hydrogen-bond acceptors (Lipinski definition) is 6. The number of carbonyl (C=O) groups excluding carboxylic acids is 1. The Kier molecular flexibility index (Phi) is 6.30. The van der Waals surface area contributed by atoms with Crippen LogP contribution in [0, 0.1) is 0 Å². The molecule has 2 aromatic rings. The van der Waals surface area contributed by atoms with Crippen LogP contribution >= 0.6 is 11.3 Å². The molecule has 28 heavy (non-hydrogen) atoms. The Morgan fingerprint density at radius 3 is 2.96 bits per heavy atom. The van der Waals surface area contributed by atoms with Crippen molar-refractivity contribution in [2.24, 2.45) is 0 Å². The van der Waals surface area contributed by atoms with Crippen molar-refractivity contribution in [3.63, 3.8) is 0 Å². The number of piperidine rings is 1. The Morgan fingerprint density at radius 2 is 2.11 bits per heavy atom. The molecule has 4 heterocycles. The van der Waals surface area contributed by atoms with E-state index in [-0.39, 0.29) is 5.91 Å². The molecule has 1 atom stereocenters. The Balaban J connectivity index is 1.60. The molecule has 0 spiro atoms. The van der Waals surface area contributed by atoms with Crippen LogP contribution in [0.25, 0.3) is 4.96 Å². The lowest BCUT2D eigenvalue weighted by atomic mass is 10.0. The zero-order valence-electron chi connectivity index (χ0n) is 17.0. The van der Waals surface area contributed by atoms with E-state index in [1.54, 1.807) is 18.4 Å². The number of ether oxygens (including phenoxy) is 1. The van der Waals surface area contributed by atoms with E-state index in [0.717, 1.165) is 69.4 Å². The minimum absolute atomic E-state index is 0.0847. The van der Waals surface area contributed by atoms with Crippen LogP contribution in [-0.4, -0.2) is 89.5 Å². The van der Waals surface area contributed by atoms with Crippen molar-refractivity contribution in [1.82, 2.24) is 24.1 Å². The van der Waals surface area contributed by atoms with Gasteiger partial charge in [0.25, 0.3) is 5.91 Å². The first-order chi connectivity index (χ1) is 13.7. The van der Waals surface area contributed by atoms with E-state index < -0.39 is 0 Å². The van der Waals surface area contributed by atoms with E-state index in [1.165, 1.54) is 12.8 Å². The van der Waals surface area contributed by atoms with Gasteiger partial charge in [-0.25, -0.2) is 4.98 Å². The van der Waals surface area contributed by atoms with E-state index in [4.69, 9.17) is 9.72 Å². The Morgan fingerprint density at radius 1 is 1.21 bits per heavy atom. The monoisotopic (exact) mass is 405 g/mol. The van der Waals surface area contributed by atoms with E-state index in [9.17, 15) is 4.79 Å². The average molecular weight is 406 g/mol. The van der Waals surface area contributed by atoms with Gasteiger partial charge in [-0.15, -0.1) is 11.3 Å². The minimum atomic E-state index is 0.0847. The number of amides is 1. The number of fused-ring (bicyclic) bond motifs is 1. The van der Waals surface area contributed by atoms with Crippen LogP contribution < -0.4 is 0 Å². The van der Waals surface area contributed by atoms with Gasteiger partial charge in [-0.05, 0) is 39.4 Å². The number of imidazole rings is 1. The molecular weight excluding hydrogens is 374 g/mol. The van der Waals surface area contributed by atoms with Crippen molar-refractivity contribution in [3.8, 4) is 0 Å². The van der Waals surface area contributed by atoms with Crippen molar-refractivity contribution in [2.75, 3.05) is 53.5 Å². The zero-order chi connectivity index (χ0) is 19.5. The van der Waals surface area contributed by atoms with Gasteiger partial charge in [-0.2, -0.15) is 0 Å². The molecule has 2 aromatic heterocycles. The fourth-order valence-corrected chi connectivity index (χ4v) is 5.13. The maximum atomic E-state index is 13.4. The SMILES string of the molecule is COC[C@H]1CCCCN1Cc1c(C(=O)N2CCCN(C)CC2)nc2sccn12. The summed E-state index contributed by atoms with van der Waals surface area (Å²) in [6, 6.07) is 0.415. The second-order valence-electron chi connectivity index (χ2n) is 7.99. The summed E-state index contributed by atoms with van der Waals surface area (Å²) in [5.41, 5.74) is 1.67. The standard InChI is InChI=1S/C20H31N5O2S/c1-22-7-5-9-23(11-10-22)19(26)18-17(25-12-13-28-20(25)21-18)14-24-8-4-3-6-16(24)15-27-2/h12-13,16H,3-11,14-15H2,1-2H3/t16-/m1/s1. The van der Waals surface area contributed by atoms with Crippen molar-refractivity contribution in [1.29, 1.82) is 0 Å². The van der Waals surface area contributed by atoms with Gasteiger partial charge >= 0.3 is 0 Å². The maximum absolute atomic E-state index is 13.4. The number of likely N-dealkylation sites (tertiary alicyclic amines) is 1. The highest BCUT2D eigenvalue weighted by Gasteiger charge is 2.29. The van der Waals surface area contributed by atoms with Gasteiger partial charge in [0.2, 0.25) is 0 Å². The number of rotatable bonds is 5. The lowest BCUT2D eigenvalue weighted by molar-refractivity contribution is 0.0582. The summed E-state index contributed by atoms with van der Waals surface area (Å²) >= 11 is 1.59. The molecule has 154 valence electrons. The summed E-state index contributed by atoms with van der Waals surface area (Å²) in [5, 5.41) is 2.05. The third-order valence-corrected chi connectivity index (χ3v) is 6.79. The summed E-state index contributed by atoms with van der Waals surface area (Å²) in [4.78, 5) is 25.8. The minimum Gasteiger partial charge on any atom is -0.383 e. The van der Waals surface area contributed by atoms with Crippen molar-refractivity contribution in [2.45, 2.75) is 38.3 Å². The molecule has 0 unspecified atom stereocenters. The molecule has 7 nitrogen and oxygen atoms in total. The predicted octanol–water partition coefficient (Wildman–Crippen LogP) is 2.17. The highest BCUT2D eigenvalue weighted by atomic mass is 32.1. The van der Waals surface area contributed by atoms with Gasteiger partial charge in [-0.3, -0.25) is 14.1 Å². The second-order valence-corrected chi connectivity index (χ2v) is 8.86. The quantitative estimate of drug-likeness (QED) is 0.763. The van der Waals surface area contributed by atoms with Gasteiger partial charge in [-0.1, -0.05) is 6.42 Å². The third kappa shape index (κ3) is 4.10. The largest absolute Gasteiger partial charge is 0.383 e. The van der Waals surface area contributed by atoms with Crippen LogP contribution in [0.3, 0.4) is 0 Å². The molecule has 0 bridgehead atoms. The highest BCUT2D eigenvalue weighted by molar-refractivity contribution is 7.15. The first kappa shape index (κ1) is 19.8. The van der Waals surface area contributed by atoms with Gasteiger partial charge in [0, 0.05) is 50.9 Å². The molecule has 8 heteroatoms. The summed E-state index contributed by atoms with van der Waals surface area (Å²) < 4.78 is 7.57. The van der Waals surface area contributed by atoms with Gasteiger partial charge in [0.05, 0.1) is 12.3 Å². The molecule has 0 radical (unpaired) electrons. The number of thiazole rings is 1. The molecule has 2 saturated heterocycles. The smallest absolute Gasteiger partial charge is 0.274 e. The van der Waals surface area contributed by atoms with Crippen molar-refractivity contribution >= 4 is 22.2 Å². The Labute approximate surface area is 170 Å². The van der Waals surface area contributed by atoms with E-state index in [1.807, 2.05) is 16.5 Å². The number of likely N-dealkylation sites (N-methyl/N-ethyl adjacent to an activating group) is 1. The summed E-state index contributed by atoms with van der Waals surface area (Å²) in [6.45, 7) is 6.09. The molecule has 0 saturated carbocycles.